The molecule has 0 radical (unpaired) electrons. The molecule has 0 fully saturated rings. The minimum atomic E-state index is -0.751. The molecule has 37 heavy (non-hydrogen) atoms. The first kappa shape index (κ1) is 25.6. The predicted octanol–water partition coefficient (Wildman–Crippen LogP) is 5.08. The maximum absolute atomic E-state index is 13.1. The van der Waals surface area contributed by atoms with Gasteiger partial charge in [0.25, 0.3) is 17.7 Å². The Labute approximate surface area is 216 Å². The van der Waals surface area contributed by atoms with Crippen LogP contribution in [0.5, 0.6) is 0 Å². The Hall–Kier alpha value is -4.50. The van der Waals surface area contributed by atoms with E-state index in [1.807, 2.05) is 0 Å². The van der Waals surface area contributed by atoms with Crippen molar-refractivity contribution in [3.05, 3.63) is 100 Å². The molecule has 1 aliphatic heterocycles. The van der Waals surface area contributed by atoms with Gasteiger partial charge in [-0.2, -0.15) is 0 Å². The number of nitrogens with one attached hydrogen (secondary N) is 2. The van der Waals surface area contributed by atoms with E-state index < -0.39 is 29.5 Å². The SMILES string of the molecule is CC(C)OC(=O)c1cccc(N2C(=O)C(Cl)=C(Nc3ccc(C(=O)Nc4ccc(F)cc4)cc3)C2=O)c1. The number of benzene rings is 3. The van der Waals surface area contributed by atoms with Gasteiger partial charge in [-0.25, -0.2) is 14.1 Å². The largest absolute Gasteiger partial charge is 0.459 e. The molecule has 1 aliphatic rings. The summed E-state index contributed by atoms with van der Waals surface area (Å²) in [6.07, 6.45) is -0.335. The molecule has 3 amide bonds. The van der Waals surface area contributed by atoms with Crippen molar-refractivity contribution >= 4 is 52.4 Å². The number of rotatable bonds is 7. The molecule has 0 bridgehead atoms. The van der Waals surface area contributed by atoms with Gasteiger partial charge in [0.2, 0.25) is 0 Å². The van der Waals surface area contributed by atoms with Crippen molar-refractivity contribution in [3.63, 3.8) is 0 Å². The summed E-state index contributed by atoms with van der Waals surface area (Å²) in [5, 5.41) is 5.16. The molecular weight excluding hydrogens is 501 g/mol. The van der Waals surface area contributed by atoms with Gasteiger partial charge in [-0.15, -0.1) is 0 Å². The quantitative estimate of drug-likeness (QED) is 0.332. The second kappa shape index (κ2) is 10.6. The predicted molar refractivity (Wildman–Crippen MR) is 137 cm³/mol. The number of hydrogen-bond acceptors (Lipinski definition) is 6. The number of nitrogens with zero attached hydrogens (tertiary/aromatic N) is 1. The highest BCUT2D eigenvalue weighted by molar-refractivity contribution is 6.53. The maximum atomic E-state index is 13.1. The van der Waals surface area contributed by atoms with Crippen LogP contribution in [-0.2, 0) is 14.3 Å². The molecule has 4 rings (SSSR count). The summed E-state index contributed by atoms with van der Waals surface area (Å²) < 4.78 is 18.2. The van der Waals surface area contributed by atoms with Crippen molar-refractivity contribution < 1.29 is 28.3 Å². The van der Waals surface area contributed by atoms with E-state index in [4.69, 9.17) is 16.3 Å². The van der Waals surface area contributed by atoms with Crippen LogP contribution < -0.4 is 15.5 Å². The van der Waals surface area contributed by atoms with Crippen molar-refractivity contribution in [1.82, 2.24) is 0 Å². The molecule has 0 aromatic heterocycles. The molecule has 0 spiro atoms. The van der Waals surface area contributed by atoms with E-state index >= 15 is 0 Å². The van der Waals surface area contributed by atoms with Gasteiger partial charge in [0, 0.05) is 16.9 Å². The second-order valence-corrected chi connectivity index (χ2v) is 8.68. The number of ether oxygens (including phenoxy) is 1. The zero-order valence-corrected chi connectivity index (χ0v) is 20.5. The first-order valence-electron chi connectivity index (χ1n) is 11.2. The van der Waals surface area contributed by atoms with Crippen LogP contribution in [0.25, 0.3) is 0 Å². The summed E-state index contributed by atoms with van der Waals surface area (Å²) in [7, 11) is 0. The maximum Gasteiger partial charge on any atom is 0.338 e. The van der Waals surface area contributed by atoms with Crippen LogP contribution in [0.4, 0.5) is 21.5 Å². The highest BCUT2D eigenvalue weighted by atomic mass is 35.5. The molecule has 8 nitrogen and oxygen atoms in total. The molecular formula is C27H21ClFN3O5. The molecule has 0 aliphatic carbocycles. The van der Waals surface area contributed by atoms with Crippen LogP contribution in [0.2, 0.25) is 0 Å². The van der Waals surface area contributed by atoms with Gasteiger partial charge in [-0.3, -0.25) is 14.4 Å². The number of halogens is 2. The highest BCUT2D eigenvalue weighted by Gasteiger charge is 2.39. The molecule has 3 aromatic carbocycles. The molecule has 0 saturated heterocycles. The third-order valence-electron chi connectivity index (χ3n) is 5.23. The third-order valence-corrected chi connectivity index (χ3v) is 5.58. The zero-order chi connectivity index (χ0) is 26.7. The van der Waals surface area contributed by atoms with E-state index in [9.17, 15) is 23.6 Å². The number of anilines is 3. The van der Waals surface area contributed by atoms with E-state index in [2.05, 4.69) is 10.6 Å². The third kappa shape index (κ3) is 5.68. The number of carbonyl (C=O) groups excluding carboxylic acids is 4. The first-order chi connectivity index (χ1) is 17.6. The van der Waals surface area contributed by atoms with Gasteiger partial charge >= 0.3 is 5.97 Å². The minimum absolute atomic E-state index is 0.148. The van der Waals surface area contributed by atoms with Crippen LogP contribution >= 0.6 is 11.6 Å². The Bertz CT molecular complexity index is 1420. The standard InChI is InChI=1S/C27H21ClFN3O5/c1-15(2)37-27(36)17-4-3-5-21(14-17)32-25(34)22(28)23(26(32)35)30-19-10-6-16(7-11-19)24(33)31-20-12-8-18(29)9-13-20/h3-15,30H,1-2H3,(H,31,33). The lowest BCUT2D eigenvalue weighted by Crippen LogP contribution is -2.32. The first-order valence-corrected chi connectivity index (χ1v) is 11.6. The normalized spacial score (nSPS) is 13.3. The van der Waals surface area contributed by atoms with E-state index in [1.165, 1.54) is 60.7 Å². The Balaban J connectivity index is 1.47. The average Bonchev–Trinajstić information content (AvgIpc) is 3.08. The van der Waals surface area contributed by atoms with Crippen molar-refractivity contribution in [3.8, 4) is 0 Å². The van der Waals surface area contributed by atoms with E-state index in [1.54, 1.807) is 26.0 Å². The van der Waals surface area contributed by atoms with Crippen molar-refractivity contribution in [2.45, 2.75) is 20.0 Å². The van der Waals surface area contributed by atoms with Crippen LogP contribution in [0.15, 0.2) is 83.5 Å². The molecule has 3 aromatic rings. The second-order valence-electron chi connectivity index (χ2n) is 8.30. The smallest absolute Gasteiger partial charge is 0.338 e. The monoisotopic (exact) mass is 521 g/mol. The molecule has 10 heteroatoms. The molecule has 0 unspecified atom stereocenters. The number of imide groups is 1. The zero-order valence-electron chi connectivity index (χ0n) is 19.7. The fourth-order valence-electron chi connectivity index (χ4n) is 3.49. The lowest BCUT2D eigenvalue weighted by Gasteiger charge is -2.16. The van der Waals surface area contributed by atoms with Gasteiger partial charge in [-0.05, 0) is 80.6 Å². The number of amides is 3. The summed E-state index contributed by atoms with van der Waals surface area (Å²) >= 11 is 6.20. The van der Waals surface area contributed by atoms with Gasteiger partial charge < -0.3 is 15.4 Å². The van der Waals surface area contributed by atoms with Crippen LogP contribution in [-0.4, -0.2) is 29.8 Å². The highest BCUT2D eigenvalue weighted by Crippen LogP contribution is 2.31. The molecule has 2 N–H and O–H groups in total. The minimum Gasteiger partial charge on any atom is -0.459 e. The number of hydrogen-bond donors (Lipinski definition) is 2. The van der Waals surface area contributed by atoms with Gasteiger partial charge in [0.1, 0.15) is 16.5 Å². The Morgan fingerprint density at radius 1 is 0.892 bits per heavy atom. The van der Waals surface area contributed by atoms with Crippen molar-refractivity contribution in [2.75, 3.05) is 15.5 Å². The number of carbonyl (C=O) groups is 4. The summed E-state index contributed by atoms with van der Waals surface area (Å²) in [4.78, 5) is 51.4. The van der Waals surface area contributed by atoms with Gasteiger partial charge in [0.05, 0.1) is 17.4 Å². The summed E-state index contributed by atoms with van der Waals surface area (Å²) in [6, 6.07) is 17.4. The fraction of sp³-hybridized carbons (Fsp3) is 0.111. The molecule has 0 atom stereocenters. The summed E-state index contributed by atoms with van der Waals surface area (Å²) in [5.74, 6) is -2.87. The van der Waals surface area contributed by atoms with E-state index in [0.717, 1.165) is 4.90 Å². The van der Waals surface area contributed by atoms with Crippen molar-refractivity contribution in [1.29, 1.82) is 0 Å². The van der Waals surface area contributed by atoms with Crippen LogP contribution in [0.1, 0.15) is 34.6 Å². The van der Waals surface area contributed by atoms with E-state index in [0.29, 0.717) is 16.9 Å². The van der Waals surface area contributed by atoms with Crippen LogP contribution in [0, 0.1) is 5.82 Å². The lowest BCUT2D eigenvalue weighted by molar-refractivity contribution is -0.120. The number of esters is 1. The van der Waals surface area contributed by atoms with Crippen LogP contribution in [0.3, 0.4) is 0 Å². The van der Waals surface area contributed by atoms with Gasteiger partial charge in [0.15, 0.2) is 0 Å². The molecule has 188 valence electrons. The average molecular weight is 522 g/mol. The van der Waals surface area contributed by atoms with Crippen molar-refractivity contribution in [2.24, 2.45) is 0 Å². The topological polar surface area (TPSA) is 105 Å². The summed E-state index contributed by atoms with van der Waals surface area (Å²) in [6.45, 7) is 3.42. The fourth-order valence-corrected chi connectivity index (χ4v) is 3.70. The molecule has 1 heterocycles. The van der Waals surface area contributed by atoms with Gasteiger partial charge in [-0.1, -0.05) is 17.7 Å². The molecule has 0 saturated carbocycles. The Morgan fingerprint density at radius 2 is 1.54 bits per heavy atom. The van der Waals surface area contributed by atoms with E-state index in [-0.39, 0.29) is 28.1 Å². The summed E-state index contributed by atoms with van der Waals surface area (Å²) in [5.41, 5.74) is 1.35. The Kier molecular flexibility index (Phi) is 7.35. The lowest BCUT2D eigenvalue weighted by atomic mass is 10.1. The Morgan fingerprint density at radius 3 is 2.19 bits per heavy atom.